The van der Waals surface area contributed by atoms with E-state index in [1.165, 1.54) is 11.1 Å². The molecule has 2 aliphatic heterocycles. The van der Waals surface area contributed by atoms with Crippen LogP contribution in [0.25, 0.3) is 17.2 Å². The lowest BCUT2D eigenvalue weighted by Gasteiger charge is -2.42. The van der Waals surface area contributed by atoms with Crippen LogP contribution in [-0.4, -0.2) is 36.1 Å². The highest BCUT2D eigenvalue weighted by Crippen LogP contribution is 2.39. The fraction of sp³-hybridized carbons (Fsp3) is 0.323. The minimum atomic E-state index is -0.316. The van der Waals surface area contributed by atoms with Crippen LogP contribution in [0, 0.1) is 13.8 Å². The second-order valence-corrected chi connectivity index (χ2v) is 9.67. The molecule has 0 unspecified atom stereocenters. The Kier molecular flexibility index (Phi) is 6.63. The van der Waals surface area contributed by atoms with Gasteiger partial charge in [-0.1, -0.05) is 60.7 Å². The molecule has 0 bridgehead atoms. The van der Waals surface area contributed by atoms with E-state index in [9.17, 15) is 4.79 Å². The number of likely N-dealkylation sites (tertiary alicyclic amines) is 1. The molecule has 0 radical (unpaired) electrons. The predicted octanol–water partition coefficient (Wildman–Crippen LogP) is 6.60. The van der Waals surface area contributed by atoms with Gasteiger partial charge >= 0.3 is 0 Å². The zero-order chi connectivity index (χ0) is 24.3. The van der Waals surface area contributed by atoms with Gasteiger partial charge in [-0.15, -0.1) is 0 Å². The van der Waals surface area contributed by atoms with Crippen molar-refractivity contribution in [2.45, 2.75) is 45.1 Å². The number of rotatable bonds is 6. The summed E-state index contributed by atoms with van der Waals surface area (Å²) >= 11 is 0. The maximum Gasteiger partial charge on any atom is 0.222 e. The lowest BCUT2D eigenvalue weighted by Crippen LogP contribution is -2.49. The van der Waals surface area contributed by atoms with E-state index in [-0.39, 0.29) is 11.5 Å². The normalized spacial score (nSPS) is 16.0. The molecule has 1 spiro atoms. The number of para-hydroxylation sites is 1. The SMILES string of the molecule is Cc1cccc(C)c1OCCCC(=O)N1CCC2(C=Cc3cc(-c4ccccc4)ccc3O2)CC1. The van der Waals surface area contributed by atoms with Gasteiger partial charge in [-0.2, -0.15) is 0 Å². The molecule has 4 heteroatoms. The lowest BCUT2D eigenvalue weighted by atomic mass is 9.87. The summed E-state index contributed by atoms with van der Waals surface area (Å²) in [6, 6.07) is 22.9. The summed E-state index contributed by atoms with van der Waals surface area (Å²) in [5.41, 5.74) is 5.46. The second-order valence-electron chi connectivity index (χ2n) is 9.67. The summed E-state index contributed by atoms with van der Waals surface area (Å²) in [7, 11) is 0. The molecule has 1 amide bonds. The van der Waals surface area contributed by atoms with Crippen molar-refractivity contribution in [2.75, 3.05) is 19.7 Å². The summed E-state index contributed by atoms with van der Waals surface area (Å²) in [6.07, 6.45) is 7.25. The van der Waals surface area contributed by atoms with Gasteiger partial charge in [0.1, 0.15) is 17.1 Å². The van der Waals surface area contributed by atoms with Crippen molar-refractivity contribution in [3.63, 3.8) is 0 Å². The smallest absolute Gasteiger partial charge is 0.222 e. The van der Waals surface area contributed by atoms with Crippen molar-refractivity contribution in [1.29, 1.82) is 0 Å². The van der Waals surface area contributed by atoms with Crippen LogP contribution in [0.3, 0.4) is 0 Å². The number of ether oxygens (including phenoxy) is 2. The molecule has 5 rings (SSSR count). The highest BCUT2D eigenvalue weighted by atomic mass is 16.5. The van der Waals surface area contributed by atoms with Crippen LogP contribution in [0.5, 0.6) is 11.5 Å². The Morgan fingerprint density at radius 1 is 0.943 bits per heavy atom. The van der Waals surface area contributed by atoms with E-state index in [0.29, 0.717) is 13.0 Å². The Morgan fingerprint density at radius 2 is 1.69 bits per heavy atom. The van der Waals surface area contributed by atoms with Crippen molar-refractivity contribution < 1.29 is 14.3 Å². The van der Waals surface area contributed by atoms with Gasteiger partial charge in [0, 0.05) is 37.9 Å². The molecule has 1 saturated heterocycles. The molecule has 0 saturated carbocycles. The highest BCUT2D eigenvalue weighted by molar-refractivity contribution is 5.76. The van der Waals surface area contributed by atoms with Gasteiger partial charge in [-0.3, -0.25) is 4.79 Å². The number of hydrogen-bond donors (Lipinski definition) is 0. The van der Waals surface area contributed by atoms with E-state index in [0.717, 1.165) is 60.5 Å². The van der Waals surface area contributed by atoms with Crippen molar-refractivity contribution in [2.24, 2.45) is 0 Å². The summed E-state index contributed by atoms with van der Waals surface area (Å²) in [4.78, 5) is 14.8. The average Bonchev–Trinajstić information content (AvgIpc) is 2.88. The quantitative estimate of drug-likeness (QED) is 0.384. The van der Waals surface area contributed by atoms with Crippen LogP contribution >= 0.6 is 0 Å². The Balaban J connectivity index is 1.12. The monoisotopic (exact) mass is 467 g/mol. The fourth-order valence-corrected chi connectivity index (χ4v) is 5.06. The molecule has 3 aromatic carbocycles. The third-order valence-corrected chi connectivity index (χ3v) is 7.15. The van der Waals surface area contributed by atoms with Gasteiger partial charge < -0.3 is 14.4 Å². The number of carbonyl (C=O) groups is 1. The van der Waals surface area contributed by atoms with E-state index >= 15 is 0 Å². The van der Waals surface area contributed by atoms with Crippen molar-refractivity contribution in [1.82, 2.24) is 4.90 Å². The van der Waals surface area contributed by atoms with E-state index in [2.05, 4.69) is 80.6 Å². The Morgan fingerprint density at radius 3 is 2.43 bits per heavy atom. The van der Waals surface area contributed by atoms with Gasteiger partial charge in [0.05, 0.1) is 6.61 Å². The molecule has 0 aromatic heterocycles. The first-order valence-electron chi connectivity index (χ1n) is 12.6. The molecule has 0 N–H and O–H groups in total. The molecule has 1 fully saturated rings. The predicted molar refractivity (Wildman–Crippen MR) is 141 cm³/mol. The number of piperidine rings is 1. The molecular weight excluding hydrogens is 434 g/mol. The number of hydrogen-bond acceptors (Lipinski definition) is 3. The summed E-state index contributed by atoms with van der Waals surface area (Å²) in [5.74, 6) is 2.07. The van der Waals surface area contributed by atoms with E-state index < -0.39 is 0 Å². The van der Waals surface area contributed by atoms with Crippen molar-refractivity contribution in [3.8, 4) is 22.6 Å². The molecular formula is C31H33NO3. The van der Waals surface area contributed by atoms with Crippen LogP contribution in [0.15, 0.2) is 72.8 Å². The zero-order valence-electron chi connectivity index (χ0n) is 20.6. The molecule has 180 valence electrons. The topological polar surface area (TPSA) is 38.8 Å². The number of nitrogens with zero attached hydrogens (tertiary/aromatic N) is 1. The van der Waals surface area contributed by atoms with Gasteiger partial charge in [0.2, 0.25) is 5.91 Å². The number of amides is 1. The van der Waals surface area contributed by atoms with E-state index in [4.69, 9.17) is 9.47 Å². The summed E-state index contributed by atoms with van der Waals surface area (Å²) < 4.78 is 12.5. The van der Waals surface area contributed by atoms with Crippen LogP contribution in [0.1, 0.15) is 42.4 Å². The number of aryl methyl sites for hydroxylation is 2. The maximum absolute atomic E-state index is 12.8. The van der Waals surface area contributed by atoms with Crippen molar-refractivity contribution >= 4 is 12.0 Å². The average molecular weight is 468 g/mol. The Labute approximate surface area is 208 Å². The highest BCUT2D eigenvalue weighted by Gasteiger charge is 2.37. The molecule has 2 aliphatic rings. The lowest BCUT2D eigenvalue weighted by molar-refractivity contribution is -0.134. The van der Waals surface area contributed by atoms with E-state index in [1.807, 2.05) is 17.0 Å². The van der Waals surface area contributed by atoms with Crippen LogP contribution in [-0.2, 0) is 4.79 Å². The zero-order valence-corrected chi connectivity index (χ0v) is 20.6. The number of carbonyl (C=O) groups excluding carboxylic acids is 1. The second kappa shape index (κ2) is 9.99. The first kappa shape index (κ1) is 23.2. The maximum atomic E-state index is 12.8. The summed E-state index contributed by atoms with van der Waals surface area (Å²) in [6.45, 7) is 6.11. The molecule has 2 heterocycles. The van der Waals surface area contributed by atoms with Gasteiger partial charge in [-0.25, -0.2) is 0 Å². The van der Waals surface area contributed by atoms with Gasteiger partial charge in [0.15, 0.2) is 0 Å². The first-order valence-corrected chi connectivity index (χ1v) is 12.6. The third-order valence-electron chi connectivity index (χ3n) is 7.15. The van der Waals surface area contributed by atoms with Gasteiger partial charge in [0.25, 0.3) is 0 Å². The number of fused-ring (bicyclic) bond motifs is 1. The minimum absolute atomic E-state index is 0.206. The van der Waals surface area contributed by atoms with E-state index in [1.54, 1.807) is 0 Å². The Hall–Kier alpha value is -3.53. The minimum Gasteiger partial charge on any atom is -0.493 e. The largest absolute Gasteiger partial charge is 0.493 e. The molecule has 4 nitrogen and oxygen atoms in total. The number of benzene rings is 3. The molecule has 3 aromatic rings. The van der Waals surface area contributed by atoms with Crippen LogP contribution in [0.4, 0.5) is 0 Å². The summed E-state index contributed by atoms with van der Waals surface area (Å²) in [5, 5.41) is 0. The first-order chi connectivity index (χ1) is 17.0. The standard InChI is InChI=1S/C31H33NO3/c1-23-8-6-9-24(2)30(23)34-21-7-12-29(33)32-19-17-31(18-20-32)16-15-27-22-26(13-14-28(27)35-31)25-10-4-3-5-11-25/h3-6,8-11,13-16,22H,7,12,17-21H2,1-2H3. The molecule has 0 aliphatic carbocycles. The van der Waals surface area contributed by atoms with Crippen LogP contribution < -0.4 is 9.47 Å². The fourth-order valence-electron chi connectivity index (χ4n) is 5.06. The molecule has 0 atom stereocenters. The Bertz CT molecular complexity index is 1200. The van der Waals surface area contributed by atoms with Crippen LogP contribution in [0.2, 0.25) is 0 Å². The molecule has 35 heavy (non-hydrogen) atoms. The third kappa shape index (κ3) is 5.12. The van der Waals surface area contributed by atoms with Crippen molar-refractivity contribution in [3.05, 3.63) is 89.5 Å². The van der Waals surface area contributed by atoms with Gasteiger partial charge in [-0.05, 0) is 60.7 Å².